The molecule has 5 nitrogen and oxygen atoms in total. The van der Waals surface area contributed by atoms with E-state index in [2.05, 4.69) is 100 Å². The summed E-state index contributed by atoms with van der Waals surface area (Å²) in [7, 11) is 2.42. The van der Waals surface area contributed by atoms with Crippen LogP contribution < -0.4 is 0 Å². The minimum absolute atomic E-state index is 0.0284. The predicted octanol–water partition coefficient (Wildman–Crippen LogP) is 10.3. The first-order chi connectivity index (χ1) is 22.9. The molecule has 0 saturated carbocycles. The fourth-order valence-corrected chi connectivity index (χ4v) is 6.57. The average Bonchev–Trinajstić information content (AvgIpc) is 3.12. The van der Waals surface area contributed by atoms with Gasteiger partial charge in [0.25, 0.3) is 5.88 Å². The quantitative estimate of drug-likeness (QED) is 0.114. The normalized spacial score (nSPS) is 11.2. The molecule has 0 fully saturated rings. The topological polar surface area (TPSA) is 93.8 Å². The monoisotopic (exact) mass is 633 g/mol. The second-order valence-electron chi connectivity index (χ2n) is 11.5. The lowest BCUT2D eigenvalue weighted by molar-refractivity contribution is 0.337. The SMILES string of the molecule is CP.Cc1cc2ccc3c(-c4ccc(-c5ccccc5)cc4)cc(-c4ccc(-c5nc(O)c(O)c(O)c5O)cc4)c4ccc(c1)c2c34. The van der Waals surface area contributed by atoms with Crippen molar-refractivity contribution in [3.05, 3.63) is 127 Å². The summed E-state index contributed by atoms with van der Waals surface area (Å²) in [5, 5.41) is 47.4. The van der Waals surface area contributed by atoms with Gasteiger partial charge in [0.1, 0.15) is 5.69 Å². The number of hydrogen-bond donors (Lipinski definition) is 4. The van der Waals surface area contributed by atoms with Gasteiger partial charge in [0.05, 0.1) is 0 Å². The van der Waals surface area contributed by atoms with Gasteiger partial charge >= 0.3 is 0 Å². The van der Waals surface area contributed by atoms with Crippen LogP contribution in [0.25, 0.3) is 77.0 Å². The zero-order valence-corrected chi connectivity index (χ0v) is 27.0. The molecule has 0 spiro atoms. The molecular weight excluding hydrogens is 601 g/mol. The summed E-state index contributed by atoms with van der Waals surface area (Å²) >= 11 is 0. The van der Waals surface area contributed by atoms with Gasteiger partial charge in [-0.05, 0) is 84.3 Å². The molecular formula is C41H32NO4P. The number of aromatic nitrogens is 1. The first-order valence-corrected chi connectivity index (χ1v) is 16.4. The molecule has 1 heterocycles. The molecule has 6 heteroatoms. The van der Waals surface area contributed by atoms with E-state index in [9.17, 15) is 20.4 Å². The highest BCUT2D eigenvalue weighted by Gasteiger charge is 2.21. The van der Waals surface area contributed by atoms with Gasteiger partial charge in [0.15, 0.2) is 5.75 Å². The highest BCUT2D eigenvalue weighted by atomic mass is 31.0. The zero-order valence-electron chi connectivity index (χ0n) is 25.9. The molecule has 7 aromatic carbocycles. The molecule has 47 heavy (non-hydrogen) atoms. The molecule has 0 amide bonds. The maximum Gasteiger partial charge on any atom is 0.259 e. The minimum atomic E-state index is -0.860. The Morgan fingerprint density at radius 1 is 0.468 bits per heavy atom. The van der Waals surface area contributed by atoms with Gasteiger partial charge < -0.3 is 20.4 Å². The largest absolute Gasteiger partial charge is 0.503 e. The highest BCUT2D eigenvalue weighted by molar-refractivity contribution is 7.15. The van der Waals surface area contributed by atoms with Crippen LogP contribution in [-0.2, 0) is 0 Å². The van der Waals surface area contributed by atoms with Crippen molar-refractivity contribution in [2.75, 3.05) is 6.66 Å². The van der Waals surface area contributed by atoms with E-state index in [0.29, 0.717) is 5.56 Å². The first kappa shape index (κ1) is 30.0. The maximum absolute atomic E-state index is 10.4. The summed E-state index contributed by atoms with van der Waals surface area (Å²) in [4.78, 5) is 3.90. The minimum Gasteiger partial charge on any atom is -0.503 e. The van der Waals surface area contributed by atoms with Crippen molar-refractivity contribution >= 4 is 41.6 Å². The molecule has 230 valence electrons. The zero-order chi connectivity index (χ0) is 32.8. The van der Waals surface area contributed by atoms with Crippen molar-refractivity contribution in [3.63, 3.8) is 0 Å². The maximum atomic E-state index is 10.4. The molecule has 1 unspecified atom stereocenters. The highest BCUT2D eigenvalue weighted by Crippen LogP contribution is 2.47. The second kappa shape index (κ2) is 11.9. The van der Waals surface area contributed by atoms with E-state index >= 15 is 0 Å². The van der Waals surface area contributed by atoms with Gasteiger partial charge in [0, 0.05) is 5.56 Å². The standard InChI is InChI=1S/C40H27NO4.CH5P/c1-22-19-28-15-17-30-32(25-9-7-24(8-10-25)23-5-3-2-4-6-23)21-33(31-18-16-29(20-22)34(28)35(30)31)26-11-13-27(14-12-26)36-37(42)38(43)39(44)40(45)41-36;1-2/h2-21,42,44H,1H3,(H2,41,43,45);2H2,1H3. The molecule has 0 bridgehead atoms. The molecule has 1 atom stereocenters. The van der Waals surface area contributed by atoms with Crippen molar-refractivity contribution in [2.24, 2.45) is 0 Å². The van der Waals surface area contributed by atoms with Crippen molar-refractivity contribution in [3.8, 4) is 67.8 Å². The number of aromatic hydroxyl groups is 4. The predicted molar refractivity (Wildman–Crippen MR) is 197 cm³/mol. The summed E-state index contributed by atoms with van der Waals surface area (Å²) in [6.45, 7) is 4.04. The van der Waals surface area contributed by atoms with Crippen LogP contribution in [0.15, 0.2) is 121 Å². The number of nitrogens with zero attached hydrogens (tertiary/aromatic N) is 1. The van der Waals surface area contributed by atoms with Gasteiger partial charge in [-0.1, -0.05) is 122 Å². The van der Waals surface area contributed by atoms with E-state index in [4.69, 9.17) is 0 Å². The average molecular weight is 634 g/mol. The van der Waals surface area contributed by atoms with Crippen molar-refractivity contribution in [1.82, 2.24) is 4.98 Å². The summed E-state index contributed by atoms with van der Waals surface area (Å²) in [5.74, 6) is -3.03. The lowest BCUT2D eigenvalue weighted by Crippen LogP contribution is -1.92. The van der Waals surface area contributed by atoms with Crippen molar-refractivity contribution in [1.29, 1.82) is 0 Å². The third kappa shape index (κ3) is 5.06. The fraction of sp³-hybridized carbons (Fsp3) is 0.0488. The fourth-order valence-electron chi connectivity index (χ4n) is 6.57. The molecule has 0 aliphatic heterocycles. The third-order valence-electron chi connectivity index (χ3n) is 8.74. The van der Waals surface area contributed by atoms with Crippen molar-refractivity contribution < 1.29 is 20.4 Å². The Bertz CT molecular complexity index is 2390. The summed E-state index contributed by atoms with van der Waals surface area (Å²) in [6.07, 6.45) is 0. The Morgan fingerprint density at radius 2 is 0.957 bits per heavy atom. The first-order valence-electron chi connectivity index (χ1n) is 15.3. The van der Waals surface area contributed by atoms with Gasteiger partial charge in [-0.2, -0.15) is 0 Å². The lowest BCUT2D eigenvalue weighted by Gasteiger charge is -2.19. The van der Waals surface area contributed by atoms with E-state index in [0.717, 1.165) is 33.2 Å². The Morgan fingerprint density at radius 3 is 1.51 bits per heavy atom. The van der Waals surface area contributed by atoms with E-state index in [1.54, 1.807) is 12.1 Å². The molecule has 8 rings (SSSR count). The number of hydrogen-bond acceptors (Lipinski definition) is 5. The van der Waals surface area contributed by atoms with Crippen LogP contribution in [0, 0.1) is 6.92 Å². The second-order valence-corrected chi connectivity index (χ2v) is 11.5. The van der Waals surface area contributed by atoms with E-state index in [1.165, 1.54) is 38.1 Å². The van der Waals surface area contributed by atoms with Gasteiger partial charge in [-0.15, -0.1) is 9.24 Å². The Hall–Kier alpha value is -5.64. The van der Waals surface area contributed by atoms with Gasteiger partial charge in [-0.3, -0.25) is 0 Å². The summed E-state index contributed by atoms with van der Waals surface area (Å²) in [5.41, 5.74) is 8.26. The summed E-state index contributed by atoms with van der Waals surface area (Å²) < 4.78 is 0. The molecule has 0 aliphatic rings. The van der Waals surface area contributed by atoms with E-state index in [1.807, 2.05) is 37.0 Å². The number of aryl methyl sites for hydroxylation is 1. The molecule has 0 aliphatic carbocycles. The number of rotatable bonds is 4. The lowest BCUT2D eigenvalue weighted by atomic mass is 9.85. The molecule has 4 N–H and O–H groups in total. The smallest absolute Gasteiger partial charge is 0.259 e. The van der Waals surface area contributed by atoms with Gasteiger partial charge in [0.2, 0.25) is 11.5 Å². The van der Waals surface area contributed by atoms with Gasteiger partial charge in [-0.25, -0.2) is 4.98 Å². The van der Waals surface area contributed by atoms with Crippen LogP contribution in [0.2, 0.25) is 0 Å². The van der Waals surface area contributed by atoms with Crippen molar-refractivity contribution in [2.45, 2.75) is 6.92 Å². The van der Waals surface area contributed by atoms with E-state index < -0.39 is 23.1 Å². The molecule has 0 radical (unpaired) electrons. The van der Waals surface area contributed by atoms with E-state index in [-0.39, 0.29) is 5.69 Å². The molecule has 0 saturated heterocycles. The molecule has 1 aromatic heterocycles. The summed E-state index contributed by atoms with van der Waals surface area (Å²) in [6, 6.07) is 42.0. The number of benzene rings is 7. The van der Waals surface area contributed by atoms with Crippen LogP contribution in [0.5, 0.6) is 23.1 Å². The van der Waals surface area contributed by atoms with Crippen LogP contribution in [0.1, 0.15) is 5.56 Å². The van der Waals surface area contributed by atoms with Crippen LogP contribution >= 0.6 is 9.24 Å². The van der Waals surface area contributed by atoms with Crippen LogP contribution in [0.4, 0.5) is 0 Å². The van der Waals surface area contributed by atoms with Crippen LogP contribution in [-0.4, -0.2) is 32.1 Å². The Kier molecular flexibility index (Phi) is 7.63. The third-order valence-corrected chi connectivity index (χ3v) is 8.74. The Balaban J connectivity index is 0.00000172. The number of pyridine rings is 1. The molecule has 8 aromatic rings. The van der Waals surface area contributed by atoms with Crippen LogP contribution in [0.3, 0.4) is 0 Å². The Labute approximate surface area is 274 Å².